The Hall–Kier alpha value is -2.26. The van der Waals surface area contributed by atoms with Gasteiger partial charge in [-0.05, 0) is 24.6 Å². The molecule has 0 N–H and O–H groups in total. The molecule has 1 aromatic heterocycles. The molecule has 0 aliphatic carbocycles. The van der Waals surface area contributed by atoms with E-state index in [2.05, 4.69) is 4.74 Å². The minimum atomic E-state index is -5.01. The Kier molecular flexibility index (Phi) is 6.38. The summed E-state index contributed by atoms with van der Waals surface area (Å²) in [7, 11) is 0. The highest BCUT2D eigenvalue weighted by Crippen LogP contribution is 2.27. The molecule has 0 radical (unpaired) electrons. The van der Waals surface area contributed by atoms with E-state index in [9.17, 15) is 27.6 Å². The second kappa shape index (κ2) is 8.18. The third kappa shape index (κ3) is 4.92. The molecule has 27 heavy (non-hydrogen) atoms. The Labute approximate surface area is 160 Å². The summed E-state index contributed by atoms with van der Waals surface area (Å²) >= 11 is 11.7. The molecule has 0 aliphatic rings. The lowest BCUT2D eigenvalue weighted by Gasteiger charge is -2.16. The van der Waals surface area contributed by atoms with Gasteiger partial charge < -0.3 is 4.74 Å². The smallest absolute Gasteiger partial charge is 0.431 e. The van der Waals surface area contributed by atoms with Crippen LogP contribution in [0.1, 0.15) is 18.2 Å². The minimum absolute atomic E-state index is 0.0716. The first-order valence-electron chi connectivity index (χ1n) is 7.56. The standard InChI is InChI=1S/C16H13Cl2F3N2O4/c1-2-27-14(25)8-22-12(16(19,20)21)6-13(24)23(15(22)26)7-9-3-4-10(17)11(18)5-9/h3-6H,2,7-8H2,1H3. The van der Waals surface area contributed by atoms with Crippen LogP contribution in [0.15, 0.2) is 33.9 Å². The molecule has 2 aromatic rings. The average molecular weight is 425 g/mol. The van der Waals surface area contributed by atoms with Gasteiger partial charge in [-0.15, -0.1) is 0 Å². The van der Waals surface area contributed by atoms with Crippen LogP contribution < -0.4 is 11.2 Å². The van der Waals surface area contributed by atoms with Crippen molar-refractivity contribution in [3.05, 3.63) is 66.4 Å². The molecular formula is C16H13Cl2F3N2O4. The summed E-state index contributed by atoms with van der Waals surface area (Å²) in [5.41, 5.74) is -3.63. The first kappa shape index (κ1) is 21.0. The van der Waals surface area contributed by atoms with Gasteiger partial charge in [-0.1, -0.05) is 29.3 Å². The molecule has 146 valence electrons. The summed E-state index contributed by atoms with van der Waals surface area (Å²) in [5, 5.41) is 0.390. The highest BCUT2D eigenvalue weighted by atomic mass is 35.5. The Bertz CT molecular complexity index is 983. The van der Waals surface area contributed by atoms with E-state index in [0.29, 0.717) is 10.1 Å². The SMILES string of the molecule is CCOC(=O)Cn1c(C(F)(F)F)cc(=O)n(Cc2ccc(Cl)c(Cl)c2)c1=O. The zero-order valence-corrected chi connectivity index (χ0v) is 15.4. The Balaban J connectivity index is 2.58. The number of aromatic nitrogens is 2. The molecule has 0 spiro atoms. The number of carbonyl (C=O) groups is 1. The van der Waals surface area contributed by atoms with Crippen molar-refractivity contribution in [1.82, 2.24) is 9.13 Å². The van der Waals surface area contributed by atoms with Crippen LogP contribution in [0.5, 0.6) is 0 Å². The molecule has 0 saturated heterocycles. The Morgan fingerprint density at radius 1 is 1.11 bits per heavy atom. The van der Waals surface area contributed by atoms with Crippen LogP contribution in [-0.2, 0) is 28.8 Å². The highest BCUT2D eigenvalue weighted by Gasteiger charge is 2.36. The van der Waals surface area contributed by atoms with Crippen molar-refractivity contribution in [3.63, 3.8) is 0 Å². The van der Waals surface area contributed by atoms with Gasteiger partial charge in [0.25, 0.3) is 5.56 Å². The van der Waals surface area contributed by atoms with Crippen molar-refractivity contribution in [2.75, 3.05) is 6.61 Å². The number of alkyl halides is 3. The zero-order chi connectivity index (χ0) is 20.4. The summed E-state index contributed by atoms with van der Waals surface area (Å²) < 4.78 is 45.0. The van der Waals surface area contributed by atoms with Crippen molar-refractivity contribution >= 4 is 29.2 Å². The molecule has 0 aliphatic heterocycles. The normalized spacial score (nSPS) is 11.5. The van der Waals surface area contributed by atoms with Crippen LogP contribution in [0.3, 0.4) is 0 Å². The third-order valence-corrected chi connectivity index (χ3v) is 4.23. The van der Waals surface area contributed by atoms with Crippen molar-refractivity contribution in [2.45, 2.75) is 26.2 Å². The first-order chi connectivity index (χ1) is 12.5. The van der Waals surface area contributed by atoms with Crippen LogP contribution in [0.4, 0.5) is 13.2 Å². The van der Waals surface area contributed by atoms with Gasteiger partial charge in [-0.3, -0.25) is 18.7 Å². The molecule has 1 aromatic carbocycles. The van der Waals surface area contributed by atoms with Gasteiger partial charge in [-0.25, -0.2) is 4.79 Å². The zero-order valence-electron chi connectivity index (χ0n) is 13.8. The molecule has 0 fully saturated rings. The van der Waals surface area contributed by atoms with E-state index >= 15 is 0 Å². The van der Waals surface area contributed by atoms with Crippen LogP contribution in [0.2, 0.25) is 10.0 Å². The maximum Gasteiger partial charge on any atom is 0.431 e. The lowest BCUT2D eigenvalue weighted by Crippen LogP contribution is -2.44. The molecule has 0 unspecified atom stereocenters. The van der Waals surface area contributed by atoms with Crippen molar-refractivity contribution in [2.24, 2.45) is 0 Å². The molecule has 11 heteroatoms. The van der Waals surface area contributed by atoms with E-state index in [0.717, 1.165) is 0 Å². The van der Waals surface area contributed by atoms with E-state index in [1.54, 1.807) is 0 Å². The van der Waals surface area contributed by atoms with Crippen molar-refractivity contribution in [3.8, 4) is 0 Å². The summed E-state index contributed by atoms with van der Waals surface area (Å²) in [6.07, 6.45) is -5.01. The summed E-state index contributed by atoms with van der Waals surface area (Å²) in [4.78, 5) is 36.2. The second-order valence-electron chi connectivity index (χ2n) is 5.37. The van der Waals surface area contributed by atoms with E-state index in [-0.39, 0.29) is 33.8 Å². The Morgan fingerprint density at radius 3 is 2.33 bits per heavy atom. The average Bonchev–Trinajstić information content (AvgIpc) is 2.56. The predicted octanol–water partition coefficient (Wildman–Crippen LogP) is 2.95. The number of carbonyl (C=O) groups excluding carboxylic acids is 1. The van der Waals surface area contributed by atoms with E-state index < -0.39 is 35.6 Å². The summed E-state index contributed by atoms with van der Waals surface area (Å²) in [5.74, 6) is -1.04. The molecule has 2 rings (SSSR count). The van der Waals surface area contributed by atoms with Gasteiger partial charge in [0.1, 0.15) is 12.2 Å². The second-order valence-corrected chi connectivity index (χ2v) is 6.19. The Morgan fingerprint density at radius 2 is 1.78 bits per heavy atom. The van der Waals surface area contributed by atoms with Crippen molar-refractivity contribution in [1.29, 1.82) is 0 Å². The molecule has 0 bridgehead atoms. The molecule has 0 saturated carbocycles. The predicted molar refractivity (Wildman–Crippen MR) is 92.2 cm³/mol. The van der Waals surface area contributed by atoms with Gasteiger partial charge in [0, 0.05) is 6.07 Å². The minimum Gasteiger partial charge on any atom is -0.465 e. The molecule has 1 heterocycles. The summed E-state index contributed by atoms with van der Waals surface area (Å²) in [6.45, 7) is 0.0626. The number of hydrogen-bond donors (Lipinski definition) is 0. The maximum atomic E-state index is 13.2. The number of esters is 1. The van der Waals surface area contributed by atoms with Crippen molar-refractivity contribution < 1.29 is 22.7 Å². The monoisotopic (exact) mass is 424 g/mol. The van der Waals surface area contributed by atoms with Crippen LogP contribution in [-0.4, -0.2) is 21.7 Å². The fourth-order valence-electron chi connectivity index (χ4n) is 2.31. The molecule has 0 atom stereocenters. The topological polar surface area (TPSA) is 70.3 Å². The van der Waals surface area contributed by atoms with Gasteiger partial charge in [0.2, 0.25) is 0 Å². The summed E-state index contributed by atoms with van der Waals surface area (Å²) in [6, 6.07) is 4.53. The first-order valence-corrected chi connectivity index (χ1v) is 8.31. The fourth-order valence-corrected chi connectivity index (χ4v) is 2.63. The quantitative estimate of drug-likeness (QED) is 0.691. The number of ether oxygens (including phenoxy) is 1. The van der Waals surface area contributed by atoms with Crippen LogP contribution in [0.25, 0.3) is 0 Å². The van der Waals surface area contributed by atoms with Gasteiger partial charge in [-0.2, -0.15) is 13.2 Å². The van der Waals surface area contributed by atoms with Gasteiger partial charge in [0.15, 0.2) is 0 Å². The highest BCUT2D eigenvalue weighted by molar-refractivity contribution is 6.42. The fraction of sp³-hybridized carbons (Fsp3) is 0.312. The van der Waals surface area contributed by atoms with E-state index in [4.69, 9.17) is 23.2 Å². The third-order valence-electron chi connectivity index (χ3n) is 3.49. The molecule has 6 nitrogen and oxygen atoms in total. The lowest BCUT2D eigenvalue weighted by atomic mass is 10.2. The number of halogens is 5. The van der Waals surface area contributed by atoms with E-state index in [1.165, 1.54) is 25.1 Å². The molecule has 0 amide bonds. The van der Waals surface area contributed by atoms with E-state index in [1.807, 2.05) is 0 Å². The maximum absolute atomic E-state index is 13.2. The van der Waals surface area contributed by atoms with Crippen LogP contribution in [0, 0.1) is 0 Å². The largest absolute Gasteiger partial charge is 0.465 e. The number of hydrogen-bond acceptors (Lipinski definition) is 4. The number of rotatable bonds is 5. The number of nitrogens with zero attached hydrogens (tertiary/aromatic N) is 2. The molecular weight excluding hydrogens is 412 g/mol. The lowest BCUT2D eigenvalue weighted by molar-refractivity contribution is -0.149. The van der Waals surface area contributed by atoms with Crippen LogP contribution >= 0.6 is 23.2 Å². The van der Waals surface area contributed by atoms with Gasteiger partial charge >= 0.3 is 17.8 Å². The number of benzene rings is 1. The van der Waals surface area contributed by atoms with Gasteiger partial charge in [0.05, 0.1) is 23.2 Å².